The van der Waals surface area contributed by atoms with Gasteiger partial charge in [-0.1, -0.05) is 36.4 Å². The molecule has 0 aliphatic heterocycles. The van der Waals surface area contributed by atoms with Crippen LogP contribution in [0.4, 0.5) is 0 Å². The minimum absolute atomic E-state index is 0.168. The number of rotatable bonds is 5. The fourth-order valence-electron chi connectivity index (χ4n) is 2.64. The molecule has 3 rings (SSSR count). The van der Waals surface area contributed by atoms with Crippen LogP contribution in [0, 0.1) is 0 Å². The van der Waals surface area contributed by atoms with E-state index in [0.29, 0.717) is 12.2 Å². The molecule has 5 nitrogen and oxygen atoms in total. The zero-order valence-corrected chi connectivity index (χ0v) is 14.5. The van der Waals surface area contributed by atoms with Gasteiger partial charge in [0.25, 0.3) is 0 Å². The van der Waals surface area contributed by atoms with Gasteiger partial charge in [-0.05, 0) is 40.6 Å². The zero-order valence-electron chi connectivity index (χ0n) is 14.5. The van der Waals surface area contributed by atoms with Crippen molar-refractivity contribution in [3.05, 3.63) is 77.4 Å². The molecule has 0 saturated heterocycles. The van der Waals surface area contributed by atoms with Crippen molar-refractivity contribution in [3.8, 4) is 5.75 Å². The number of hydrogen-bond acceptors (Lipinski definition) is 5. The van der Waals surface area contributed by atoms with E-state index in [2.05, 4.69) is 0 Å². The second-order valence-electron chi connectivity index (χ2n) is 5.71. The Balaban J connectivity index is 1.93. The number of fused-ring (bicyclic) bond motifs is 1. The number of esters is 2. The molecule has 0 heterocycles. The largest absolute Gasteiger partial charge is 0.465 e. The van der Waals surface area contributed by atoms with E-state index in [9.17, 15) is 9.59 Å². The lowest BCUT2D eigenvalue weighted by Crippen LogP contribution is -2.12. The quantitative estimate of drug-likeness (QED) is 0.514. The Labute approximate surface area is 151 Å². The van der Waals surface area contributed by atoms with Crippen molar-refractivity contribution in [2.75, 3.05) is 14.2 Å². The molecule has 5 heteroatoms. The highest BCUT2D eigenvalue weighted by atomic mass is 16.5. The molecule has 0 aliphatic carbocycles. The van der Waals surface area contributed by atoms with Crippen molar-refractivity contribution in [1.82, 2.24) is 0 Å². The highest BCUT2D eigenvalue weighted by Gasteiger charge is 2.18. The average molecular weight is 350 g/mol. The second-order valence-corrected chi connectivity index (χ2v) is 5.71. The van der Waals surface area contributed by atoms with E-state index >= 15 is 0 Å². The standard InChI is InChI=1S/C21H18O5/c1-24-13-14-7-9-15(10-8-14)20(22)26-19-12-17-6-4-3-5-16(17)11-18(19)21(23)25-2/h3-12H,13H2,1-2H3. The first-order valence-corrected chi connectivity index (χ1v) is 8.03. The lowest BCUT2D eigenvalue weighted by atomic mass is 10.1. The second kappa shape index (κ2) is 7.80. The minimum Gasteiger partial charge on any atom is -0.465 e. The van der Waals surface area contributed by atoms with Gasteiger partial charge in [-0.3, -0.25) is 0 Å². The summed E-state index contributed by atoms with van der Waals surface area (Å²) in [5, 5.41) is 1.72. The molecule has 132 valence electrons. The molecule has 3 aromatic rings. The third-order valence-electron chi connectivity index (χ3n) is 3.96. The Kier molecular flexibility index (Phi) is 5.29. The minimum atomic E-state index is -0.561. The van der Waals surface area contributed by atoms with Gasteiger partial charge in [-0.2, -0.15) is 0 Å². The summed E-state index contributed by atoms with van der Waals surface area (Å²) in [7, 11) is 2.90. The predicted molar refractivity (Wildman–Crippen MR) is 97.4 cm³/mol. The van der Waals surface area contributed by atoms with Crippen LogP contribution < -0.4 is 4.74 Å². The lowest BCUT2D eigenvalue weighted by molar-refractivity contribution is 0.0593. The van der Waals surface area contributed by atoms with Crippen LogP contribution >= 0.6 is 0 Å². The molecule has 0 aromatic heterocycles. The lowest BCUT2D eigenvalue weighted by Gasteiger charge is -2.11. The van der Waals surface area contributed by atoms with Crippen LogP contribution in [0.25, 0.3) is 10.8 Å². The molecule has 0 fully saturated rings. The molecule has 3 aromatic carbocycles. The summed E-state index contributed by atoms with van der Waals surface area (Å²) < 4.78 is 15.4. The SMILES string of the molecule is COCc1ccc(C(=O)Oc2cc3ccccc3cc2C(=O)OC)cc1. The van der Waals surface area contributed by atoms with Crippen molar-refractivity contribution in [2.24, 2.45) is 0 Å². The van der Waals surface area contributed by atoms with Crippen molar-refractivity contribution < 1.29 is 23.8 Å². The van der Waals surface area contributed by atoms with E-state index in [1.807, 2.05) is 24.3 Å². The van der Waals surface area contributed by atoms with Gasteiger partial charge in [0.15, 0.2) is 0 Å². The Morgan fingerprint density at radius 2 is 1.50 bits per heavy atom. The van der Waals surface area contributed by atoms with E-state index in [0.717, 1.165) is 16.3 Å². The van der Waals surface area contributed by atoms with Crippen molar-refractivity contribution >= 4 is 22.7 Å². The van der Waals surface area contributed by atoms with Gasteiger partial charge in [-0.25, -0.2) is 9.59 Å². The Bertz CT molecular complexity index is 944. The summed E-state index contributed by atoms with van der Waals surface area (Å²) in [6.45, 7) is 0.465. The molecule has 0 N–H and O–H groups in total. The van der Waals surface area contributed by atoms with E-state index < -0.39 is 11.9 Å². The van der Waals surface area contributed by atoms with Crippen LogP contribution in [0.5, 0.6) is 5.75 Å². The molecule has 0 unspecified atom stereocenters. The monoisotopic (exact) mass is 350 g/mol. The van der Waals surface area contributed by atoms with Gasteiger partial charge < -0.3 is 14.2 Å². The molecular weight excluding hydrogens is 332 g/mol. The first kappa shape index (κ1) is 17.6. The van der Waals surface area contributed by atoms with Gasteiger partial charge in [0.1, 0.15) is 11.3 Å². The average Bonchev–Trinajstić information content (AvgIpc) is 2.67. The van der Waals surface area contributed by atoms with Crippen molar-refractivity contribution in [1.29, 1.82) is 0 Å². The predicted octanol–water partition coefficient (Wildman–Crippen LogP) is 3.99. The maximum atomic E-state index is 12.5. The number of hydrogen-bond donors (Lipinski definition) is 0. The van der Waals surface area contributed by atoms with E-state index in [1.165, 1.54) is 7.11 Å². The molecule has 0 aliphatic rings. The van der Waals surface area contributed by atoms with Gasteiger partial charge in [0, 0.05) is 7.11 Å². The van der Waals surface area contributed by atoms with E-state index in [4.69, 9.17) is 14.2 Å². The Morgan fingerprint density at radius 3 is 2.12 bits per heavy atom. The smallest absolute Gasteiger partial charge is 0.343 e. The van der Waals surface area contributed by atoms with Crippen molar-refractivity contribution in [3.63, 3.8) is 0 Å². The van der Waals surface area contributed by atoms with Crippen molar-refractivity contribution in [2.45, 2.75) is 6.61 Å². The number of ether oxygens (including phenoxy) is 3. The highest BCUT2D eigenvalue weighted by molar-refractivity contribution is 6.00. The maximum absolute atomic E-state index is 12.5. The van der Waals surface area contributed by atoms with E-state index in [-0.39, 0.29) is 11.3 Å². The maximum Gasteiger partial charge on any atom is 0.343 e. The van der Waals surface area contributed by atoms with Crippen LogP contribution in [0.3, 0.4) is 0 Å². The molecule has 0 amide bonds. The van der Waals surface area contributed by atoms with Crippen LogP contribution in [0.1, 0.15) is 26.3 Å². The normalized spacial score (nSPS) is 10.5. The first-order chi connectivity index (χ1) is 12.6. The summed E-state index contributed by atoms with van der Waals surface area (Å²) in [4.78, 5) is 24.6. The molecular formula is C21H18O5. The van der Waals surface area contributed by atoms with Crippen LogP contribution in [-0.2, 0) is 16.1 Å². The Hall–Kier alpha value is -3.18. The molecule has 26 heavy (non-hydrogen) atoms. The Morgan fingerprint density at radius 1 is 0.846 bits per heavy atom. The molecule has 0 saturated carbocycles. The third-order valence-corrected chi connectivity index (χ3v) is 3.96. The van der Waals surface area contributed by atoms with Gasteiger partial charge in [0.05, 0.1) is 19.3 Å². The number of carbonyl (C=O) groups is 2. The number of benzene rings is 3. The van der Waals surface area contributed by atoms with Crippen LogP contribution in [-0.4, -0.2) is 26.2 Å². The summed E-state index contributed by atoms with van der Waals surface area (Å²) in [6.07, 6.45) is 0. The molecule has 0 atom stereocenters. The molecule has 0 spiro atoms. The topological polar surface area (TPSA) is 61.8 Å². The summed E-state index contributed by atoms with van der Waals surface area (Å²) in [6, 6.07) is 17.7. The van der Waals surface area contributed by atoms with Crippen LogP contribution in [0.15, 0.2) is 60.7 Å². The van der Waals surface area contributed by atoms with E-state index in [1.54, 1.807) is 43.5 Å². The van der Waals surface area contributed by atoms with Gasteiger partial charge >= 0.3 is 11.9 Å². The third kappa shape index (κ3) is 3.73. The van der Waals surface area contributed by atoms with Gasteiger partial charge in [0.2, 0.25) is 0 Å². The zero-order chi connectivity index (χ0) is 18.5. The fourth-order valence-corrected chi connectivity index (χ4v) is 2.64. The first-order valence-electron chi connectivity index (χ1n) is 8.03. The van der Waals surface area contributed by atoms with Crippen LogP contribution in [0.2, 0.25) is 0 Å². The van der Waals surface area contributed by atoms with Gasteiger partial charge in [-0.15, -0.1) is 0 Å². The number of methoxy groups -OCH3 is 2. The molecule has 0 bridgehead atoms. The summed E-state index contributed by atoms with van der Waals surface area (Å²) in [5.74, 6) is -0.940. The fraction of sp³-hybridized carbons (Fsp3) is 0.143. The highest BCUT2D eigenvalue weighted by Crippen LogP contribution is 2.27. The summed E-state index contributed by atoms with van der Waals surface area (Å²) >= 11 is 0. The molecule has 0 radical (unpaired) electrons. The summed E-state index contributed by atoms with van der Waals surface area (Å²) in [5.41, 5.74) is 1.54. The number of carbonyl (C=O) groups excluding carboxylic acids is 2.